The number of carbonyl (C=O) groups excluding carboxylic acids is 2. The van der Waals surface area contributed by atoms with Gasteiger partial charge in [0.25, 0.3) is 0 Å². The fourth-order valence-electron chi connectivity index (χ4n) is 3.92. The van der Waals surface area contributed by atoms with Gasteiger partial charge in [0.2, 0.25) is 0 Å². The summed E-state index contributed by atoms with van der Waals surface area (Å²) in [6.07, 6.45) is 0.417. The Labute approximate surface area is 246 Å². The van der Waals surface area contributed by atoms with Crippen molar-refractivity contribution in [1.82, 2.24) is 16.1 Å². The van der Waals surface area contributed by atoms with Crippen molar-refractivity contribution >= 4 is 40.8 Å². The molecule has 0 aromatic heterocycles. The molecule has 1 heterocycles. The van der Waals surface area contributed by atoms with E-state index in [0.717, 1.165) is 9.13 Å². The second kappa shape index (κ2) is 14.6. The molecule has 2 atom stereocenters. The monoisotopic (exact) mass is 668 g/mol. The van der Waals surface area contributed by atoms with E-state index in [9.17, 15) is 14.7 Å². The summed E-state index contributed by atoms with van der Waals surface area (Å²) in [7, 11) is 2.84. The van der Waals surface area contributed by atoms with Gasteiger partial charge in [0.15, 0.2) is 29.2 Å². The number of carbonyl (C=O) groups is 2. The summed E-state index contributed by atoms with van der Waals surface area (Å²) >= 11 is 2.16. The first-order valence-electron chi connectivity index (χ1n) is 12.4. The van der Waals surface area contributed by atoms with Crippen molar-refractivity contribution in [3.05, 3.63) is 56.3 Å². The third-order valence-electron chi connectivity index (χ3n) is 5.65. The smallest absolute Gasteiger partial charge is 0.337 e. The van der Waals surface area contributed by atoms with Gasteiger partial charge in [0.1, 0.15) is 6.61 Å². The number of hydrogen-bond acceptors (Lipinski definition) is 10. The van der Waals surface area contributed by atoms with Crippen LogP contribution in [-0.2, 0) is 9.53 Å². The number of aliphatic hydroxyl groups is 1. The van der Waals surface area contributed by atoms with Crippen LogP contribution >= 0.6 is 22.6 Å². The van der Waals surface area contributed by atoms with Crippen LogP contribution in [-0.4, -0.2) is 63.6 Å². The van der Waals surface area contributed by atoms with Crippen molar-refractivity contribution in [3.8, 4) is 23.0 Å². The van der Waals surface area contributed by atoms with Crippen LogP contribution in [0.3, 0.4) is 0 Å². The van der Waals surface area contributed by atoms with E-state index in [1.165, 1.54) is 7.11 Å². The fraction of sp³-hybridized carbons (Fsp3) is 0.370. The number of rotatable bonds is 13. The van der Waals surface area contributed by atoms with E-state index in [-0.39, 0.29) is 12.2 Å². The van der Waals surface area contributed by atoms with Crippen molar-refractivity contribution in [3.63, 3.8) is 0 Å². The molecule has 0 aliphatic carbocycles. The first-order valence-corrected chi connectivity index (χ1v) is 13.5. The SMILES string of the molecule is CCOc1cc([C@H]2NC(=O)NC(C)=C2C(=O)OC)ccc1OC[C@H](O)N/N=C/c1cc(I)c(OCC)c(OC)c1. The minimum absolute atomic E-state index is 0.141. The number of hydrogen-bond donors (Lipinski definition) is 4. The lowest BCUT2D eigenvalue weighted by Crippen LogP contribution is -2.45. The minimum Gasteiger partial charge on any atom is -0.493 e. The maximum Gasteiger partial charge on any atom is 0.337 e. The Hall–Kier alpha value is -3.72. The predicted octanol–water partition coefficient (Wildman–Crippen LogP) is 3.22. The first kappa shape index (κ1) is 30.8. The standard InChI is InChI=1S/C27H33IN4O8/c1-6-38-20-12-17(24-23(26(34)37-5)15(3)30-27(35)31-24)8-9-19(20)40-14-22(33)32-29-13-16-10-18(28)25(39-7-2)21(11-16)36-4/h8-13,22,24,32-33H,6-7,14H2,1-5H3,(H2,30,31,35)/b29-13+/t22-,24+/m0/s1. The number of halogens is 1. The topological polar surface area (TPSA) is 149 Å². The molecular weight excluding hydrogens is 635 g/mol. The highest BCUT2D eigenvalue weighted by Crippen LogP contribution is 2.35. The Balaban J connectivity index is 1.69. The van der Waals surface area contributed by atoms with Crippen LogP contribution in [0.1, 0.15) is 37.9 Å². The van der Waals surface area contributed by atoms with E-state index >= 15 is 0 Å². The largest absolute Gasteiger partial charge is 0.493 e. The molecule has 0 saturated carbocycles. The lowest BCUT2D eigenvalue weighted by Gasteiger charge is -2.28. The van der Waals surface area contributed by atoms with Crippen molar-refractivity contribution in [2.45, 2.75) is 33.0 Å². The molecule has 0 radical (unpaired) electrons. The second-order valence-electron chi connectivity index (χ2n) is 8.38. The fourth-order valence-corrected chi connectivity index (χ4v) is 4.70. The van der Waals surface area contributed by atoms with Gasteiger partial charge in [-0.3, -0.25) is 5.43 Å². The quantitative estimate of drug-likeness (QED) is 0.0831. The Kier molecular flexibility index (Phi) is 11.3. The van der Waals surface area contributed by atoms with Crippen LogP contribution in [0.4, 0.5) is 4.79 Å². The van der Waals surface area contributed by atoms with Crippen molar-refractivity contribution in [2.75, 3.05) is 34.0 Å². The Morgan fingerprint density at radius 1 is 1.12 bits per heavy atom. The normalized spacial score (nSPS) is 15.7. The predicted molar refractivity (Wildman–Crippen MR) is 156 cm³/mol. The zero-order valence-electron chi connectivity index (χ0n) is 22.9. The molecule has 2 aromatic rings. The number of nitrogens with zero attached hydrogens (tertiary/aromatic N) is 1. The zero-order chi connectivity index (χ0) is 29.2. The van der Waals surface area contributed by atoms with Crippen molar-refractivity contribution < 1.29 is 38.4 Å². The van der Waals surface area contributed by atoms with Crippen LogP contribution < -0.4 is 35.0 Å². The number of ether oxygens (including phenoxy) is 5. The van der Waals surface area contributed by atoms with Crippen molar-refractivity contribution in [2.24, 2.45) is 5.10 Å². The molecular formula is C27H33IN4O8. The summed E-state index contributed by atoms with van der Waals surface area (Å²) in [5.41, 5.74) is 4.63. The van der Waals surface area contributed by atoms with E-state index in [0.29, 0.717) is 47.5 Å². The highest BCUT2D eigenvalue weighted by molar-refractivity contribution is 14.1. The Morgan fingerprint density at radius 2 is 1.88 bits per heavy atom. The number of hydrazone groups is 1. The van der Waals surface area contributed by atoms with Gasteiger partial charge >= 0.3 is 12.0 Å². The van der Waals surface area contributed by atoms with Crippen LogP contribution in [0, 0.1) is 3.57 Å². The van der Waals surface area contributed by atoms with E-state index in [4.69, 9.17) is 23.7 Å². The summed E-state index contributed by atoms with van der Waals surface area (Å²) in [5, 5.41) is 19.8. The summed E-state index contributed by atoms with van der Waals surface area (Å²) in [6.45, 7) is 6.06. The van der Waals surface area contributed by atoms with E-state index in [1.807, 2.05) is 19.9 Å². The van der Waals surface area contributed by atoms with Crippen LogP contribution in [0.2, 0.25) is 0 Å². The van der Waals surface area contributed by atoms with Gasteiger partial charge in [-0.05, 0) is 78.8 Å². The maximum absolute atomic E-state index is 12.4. The molecule has 3 rings (SSSR count). The number of amides is 2. The van der Waals surface area contributed by atoms with Gasteiger partial charge in [-0.1, -0.05) is 6.07 Å². The molecule has 1 aliphatic heterocycles. The van der Waals surface area contributed by atoms with Gasteiger partial charge in [0.05, 0.1) is 48.8 Å². The highest BCUT2D eigenvalue weighted by Gasteiger charge is 2.32. The van der Waals surface area contributed by atoms with Crippen LogP contribution in [0.25, 0.3) is 0 Å². The number of aliphatic hydroxyl groups excluding tert-OH is 1. The minimum atomic E-state index is -1.13. The van der Waals surface area contributed by atoms with Gasteiger partial charge in [-0.2, -0.15) is 5.10 Å². The maximum atomic E-state index is 12.4. The Bertz CT molecular complexity index is 1280. The Morgan fingerprint density at radius 3 is 2.55 bits per heavy atom. The number of nitrogens with one attached hydrogen (secondary N) is 3. The van der Waals surface area contributed by atoms with E-state index in [1.54, 1.807) is 44.5 Å². The molecule has 0 unspecified atom stereocenters. The molecule has 216 valence electrons. The second-order valence-corrected chi connectivity index (χ2v) is 9.54. The van der Waals surface area contributed by atoms with Gasteiger partial charge in [-0.15, -0.1) is 0 Å². The molecule has 2 amide bonds. The molecule has 4 N–H and O–H groups in total. The van der Waals surface area contributed by atoms with E-state index in [2.05, 4.69) is 43.8 Å². The van der Waals surface area contributed by atoms with Gasteiger partial charge in [0, 0.05) is 5.70 Å². The lowest BCUT2D eigenvalue weighted by molar-refractivity contribution is -0.136. The summed E-state index contributed by atoms with van der Waals surface area (Å²) in [5.74, 6) is 1.42. The zero-order valence-corrected chi connectivity index (χ0v) is 25.0. The van der Waals surface area contributed by atoms with Crippen LogP contribution in [0.5, 0.6) is 23.0 Å². The van der Waals surface area contributed by atoms with Crippen LogP contribution in [0.15, 0.2) is 46.7 Å². The number of methoxy groups -OCH3 is 2. The number of urea groups is 1. The molecule has 2 aromatic carbocycles. The molecule has 0 saturated heterocycles. The van der Waals surface area contributed by atoms with Gasteiger partial charge < -0.3 is 39.4 Å². The third kappa shape index (κ3) is 7.69. The van der Waals surface area contributed by atoms with Gasteiger partial charge in [-0.25, -0.2) is 9.59 Å². The lowest BCUT2D eigenvalue weighted by atomic mass is 9.95. The number of esters is 1. The third-order valence-corrected chi connectivity index (χ3v) is 6.45. The molecule has 13 heteroatoms. The average Bonchev–Trinajstić information content (AvgIpc) is 2.93. The first-order chi connectivity index (χ1) is 19.2. The van der Waals surface area contributed by atoms with E-state index < -0.39 is 24.3 Å². The summed E-state index contributed by atoms with van der Waals surface area (Å²) in [6, 6.07) is 7.48. The summed E-state index contributed by atoms with van der Waals surface area (Å²) < 4.78 is 28.3. The molecule has 0 bridgehead atoms. The molecule has 12 nitrogen and oxygen atoms in total. The molecule has 0 fully saturated rings. The molecule has 1 aliphatic rings. The average molecular weight is 668 g/mol. The van der Waals surface area contributed by atoms with Crippen molar-refractivity contribution in [1.29, 1.82) is 0 Å². The number of benzene rings is 2. The summed E-state index contributed by atoms with van der Waals surface area (Å²) in [4.78, 5) is 24.5. The molecule has 40 heavy (non-hydrogen) atoms. The molecule has 0 spiro atoms. The highest BCUT2D eigenvalue weighted by atomic mass is 127. The number of allylic oxidation sites excluding steroid dienone is 1.